The van der Waals surface area contributed by atoms with E-state index in [2.05, 4.69) is 10.4 Å². The van der Waals surface area contributed by atoms with Crippen LogP contribution in [0.5, 0.6) is 0 Å². The first kappa shape index (κ1) is 15.8. The Labute approximate surface area is 136 Å². The minimum Gasteiger partial charge on any atom is -0.301 e. The van der Waals surface area contributed by atoms with E-state index >= 15 is 0 Å². The zero-order chi connectivity index (χ0) is 16.4. The second-order valence-electron chi connectivity index (χ2n) is 5.13. The number of alkyl halides is 3. The first-order valence-corrected chi connectivity index (χ1v) is 7.28. The van der Waals surface area contributed by atoms with Crippen LogP contribution in [0.25, 0.3) is 0 Å². The molecule has 1 heterocycles. The molecule has 1 aliphatic heterocycles. The van der Waals surface area contributed by atoms with E-state index < -0.39 is 11.7 Å². The van der Waals surface area contributed by atoms with Crippen molar-refractivity contribution in [1.82, 2.24) is 10.4 Å². The molecule has 0 spiro atoms. The lowest BCUT2D eigenvalue weighted by atomic mass is 10.1. The van der Waals surface area contributed by atoms with Crippen molar-refractivity contribution in [3.8, 4) is 0 Å². The van der Waals surface area contributed by atoms with Gasteiger partial charge < -0.3 is 5.43 Å². The number of aliphatic imine (C=N–C) groups is 1. The van der Waals surface area contributed by atoms with E-state index in [9.17, 15) is 13.2 Å². The molecule has 0 fully saturated rings. The second kappa shape index (κ2) is 6.22. The van der Waals surface area contributed by atoms with E-state index in [0.29, 0.717) is 24.1 Å². The zero-order valence-corrected chi connectivity index (χ0v) is 12.7. The number of amidine groups is 1. The highest BCUT2D eigenvalue weighted by Crippen LogP contribution is 2.29. The van der Waals surface area contributed by atoms with Gasteiger partial charge in [-0.05, 0) is 29.8 Å². The molecule has 1 N–H and O–H groups in total. The van der Waals surface area contributed by atoms with Crippen LogP contribution in [0.4, 0.5) is 13.2 Å². The Kier molecular flexibility index (Phi) is 4.28. The van der Waals surface area contributed by atoms with Crippen LogP contribution < -0.4 is 5.43 Å². The number of hydrogen-bond donors (Lipinski definition) is 1. The SMILES string of the molecule is FC(F)(F)c1ccc(CN2CN=C(c3ccccc3Cl)N2)cc1. The van der Waals surface area contributed by atoms with Gasteiger partial charge in [0.25, 0.3) is 0 Å². The Balaban J connectivity index is 1.64. The van der Waals surface area contributed by atoms with Gasteiger partial charge >= 0.3 is 6.18 Å². The number of nitrogens with one attached hydrogen (secondary N) is 1. The molecule has 3 rings (SSSR count). The van der Waals surface area contributed by atoms with Gasteiger partial charge in [-0.3, -0.25) is 0 Å². The molecule has 0 saturated carbocycles. The summed E-state index contributed by atoms with van der Waals surface area (Å²) in [4.78, 5) is 4.37. The van der Waals surface area contributed by atoms with Gasteiger partial charge in [0.05, 0.1) is 10.6 Å². The van der Waals surface area contributed by atoms with E-state index in [-0.39, 0.29) is 0 Å². The summed E-state index contributed by atoms with van der Waals surface area (Å²) in [5.74, 6) is 0.655. The van der Waals surface area contributed by atoms with Crippen molar-refractivity contribution in [1.29, 1.82) is 0 Å². The van der Waals surface area contributed by atoms with E-state index in [1.807, 2.05) is 18.2 Å². The number of benzene rings is 2. The van der Waals surface area contributed by atoms with Gasteiger partial charge in [0.15, 0.2) is 0 Å². The zero-order valence-electron chi connectivity index (χ0n) is 11.9. The Bertz CT molecular complexity index is 726. The lowest BCUT2D eigenvalue weighted by molar-refractivity contribution is -0.137. The van der Waals surface area contributed by atoms with Crippen LogP contribution in [0.3, 0.4) is 0 Å². The fraction of sp³-hybridized carbons (Fsp3) is 0.188. The summed E-state index contributed by atoms with van der Waals surface area (Å²) >= 11 is 6.13. The first-order chi connectivity index (χ1) is 10.9. The predicted octanol–water partition coefficient (Wildman–Crippen LogP) is 4.08. The summed E-state index contributed by atoms with van der Waals surface area (Å²) in [6.07, 6.45) is -4.31. The third-order valence-corrected chi connectivity index (χ3v) is 3.78. The molecule has 0 atom stereocenters. The lowest BCUT2D eigenvalue weighted by Crippen LogP contribution is -2.35. The largest absolute Gasteiger partial charge is 0.416 e. The summed E-state index contributed by atoms with van der Waals surface area (Å²) in [5, 5.41) is 2.40. The van der Waals surface area contributed by atoms with Crippen LogP contribution in [0.15, 0.2) is 53.5 Å². The Morgan fingerprint density at radius 1 is 1.09 bits per heavy atom. The summed E-state index contributed by atoms with van der Waals surface area (Å²) in [5.41, 5.74) is 4.03. The maximum atomic E-state index is 12.5. The summed E-state index contributed by atoms with van der Waals surface area (Å²) in [7, 11) is 0. The topological polar surface area (TPSA) is 27.6 Å². The lowest BCUT2D eigenvalue weighted by Gasteiger charge is -2.17. The first-order valence-electron chi connectivity index (χ1n) is 6.90. The minimum absolute atomic E-state index is 0.404. The smallest absolute Gasteiger partial charge is 0.301 e. The molecule has 0 amide bonds. The molecule has 120 valence electrons. The normalized spacial score (nSPS) is 15.4. The van der Waals surface area contributed by atoms with Gasteiger partial charge in [-0.25, -0.2) is 4.99 Å². The van der Waals surface area contributed by atoms with Crippen molar-refractivity contribution in [2.24, 2.45) is 4.99 Å². The third-order valence-electron chi connectivity index (χ3n) is 3.45. The summed E-state index contributed by atoms with van der Waals surface area (Å²) < 4.78 is 37.6. The van der Waals surface area contributed by atoms with Crippen molar-refractivity contribution < 1.29 is 13.2 Å². The molecule has 3 nitrogen and oxygen atoms in total. The monoisotopic (exact) mass is 339 g/mol. The standard InChI is InChI=1S/C16H13ClF3N3/c17-14-4-2-1-3-13(14)15-21-10-23(22-15)9-11-5-7-12(8-6-11)16(18,19)20/h1-8H,9-10H2,(H,21,22). The molecule has 0 radical (unpaired) electrons. The number of halogens is 4. The fourth-order valence-corrected chi connectivity index (χ4v) is 2.51. The highest BCUT2D eigenvalue weighted by atomic mass is 35.5. The van der Waals surface area contributed by atoms with E-state index in [1.165, 1.54) is 12.1 Å². The minimum atomic E-state index is -4.31. The van der Waals surface area contributed by atoms with Crippen molar-refractivity contribution >= 4 is 17.4 Å². The highest BCUT2D eigenvalue weighted by Gasteiger charge is 2.30. The molecular weight excluding hydrogens is 327 g/mol. The molecule has 0 unspecified atom stereocenters. The molecule has 2 aromatic rings. The van der Waals surface area contributed by atoms with Gasteiger partial charge in [-0.15, -0.1) is 0 Å². The van der Waals surface area contributed by atoms with E-state index in [0.717, 1.165) is 23.3 Å². The Morgan fingerprint density at radius 3 is 2.43 bits per heavy atom. The molecule has 1 aliphatic rings. The van der Waals surface area contributed by atoms with E-state index in [4.69, 9.17) is 11.6 Å². The van der Waals surface area contributed by atoms with Gasteiger partial charge in [0.2, 0.25) is 0 Å². The van der Waals surface area contributed by atoms with Crippen LogP contribution in [-0.4, -0.2) is 17.5 Å². The molecule has 2 aromatic carbocycles. The quantitative estimate of drug-likeness (QED) is 0.912. The van der Waals surface area contributed by atoms with Gasteiger partial charge in [0.1, 0.15) is 12.5 Å². The molecular formula is C16H13ClF3N3. The van der Waals surface area contributed by atoms with Crippen LogP contribution in [0.1, 0.15) is 16.7 Å². The average Bonchev–Trinajstić information content (AvgIpc) is 2.95. The fourth-order valence-electron chi connectivity index (χ4n) is 2.28. The van der Waals surface area contributed by atoms with Crippen LogP contribution >= 0.6 is 11.6 Å². The van der Waals surface area contributed by atoms with Crippen molar-refractivity contribution in [3.05, 3.63) is 70.2 Å². The average molecular weight is 340 g/mol. The number of hydrogen-bond acceptors (Lipinski definition) is 3. The maximum Gasteiger partial charge on any atom is 0.416 e. The van der Waals surface area contributed by atoms with Crippen LogP contribution in [0, 0.1) is 0 Å². The maximum absolute atomic E-state index is 12.5. The Hall–Kier alpha value is -2.05. The summed E-state index contributed by atoms with van der Waals surface area (Å²) in [6, 6.07) is 12.4. The molecule has 0 aliphatic carbocycles. The van der Waals surface area contributed by atoms with E-state index in [1.54, 1.807) is 11.1 Å². The number of rotatable bonds is 3. The van der Waals surface area contributed by atoms with Crippen molar-refractivity contribution in [2.45, 2.75) is 12.7 Å². The number of hydrazine groups is 1. The molecule has 0 saturated heterocycles. The summed E-state index contributed by atoms with van der Waals surface area (Å²) in [6.45, 7) is 0.844. The van der Waals surface area contributed by atoms with Gasteiger partial charge in [-0.2, -0.15) is 18.2 Å². The highest BCUT2D eigenvalue weighted by molar-refractivity contribution is 6.34. The van der Waals surface area contributed by atoms with Crippen molar-refractivity contribution in [2.75, 3.05) is 6.67 Å². The van der Waals surface area contributed by atoms with Gasteiger partial charge in [-0.1, -0.05) is 35.9 Å². The number of nitrogens with zero attached hydrogens (tertiary/aromatic N) is 2. The van der Waals surface area contributed by atoms with Crippen molar-refractivity contribution in [3.63, 3.8) is 0 Å². The molecule has 7 heteroatoms. The Morgan fingerprint density at radius 2 is 1.78 bits per heavy atom. The second-order valence-corrected chi connectivity index (χ2v) is 5.54. The molecule has 0 bridgehead atoms. The van der Waals surface area contributed by atoms with Crippen LogP contribution in [-0.2, 0) is 12.7 Å². The predicted molar refractivity (Wildman–Crippen MR) is 83.0 cm³/mol. The third kappa shape index (κ3) is 3.65. The van der Waals surface area contributed by atoms with Gasteiger partial charge in [0, 0.05) is 12.1 Å². The molecule has 0 aromatic heterocycles. The molecule has 23 heavy (non-hydrogen) atoms. The van der Waals surface area contributed by atoms with Crippen LogP contribution in [0.2, 0.25) is 5.02 Å².